The van der Waals surface area contributed by atoms with Crippen molar-refractivity contribution in [1.29, 1.82) is 0 Å². The fraction of sp³-hybridized carbons (Fsp3) is 0.360. The van der Waals surface area contributed by atoms with E-state index in [0.717, 1.165) is 16.7 Å². The van der Waals surface area contributed by atoms with Crippen LogP contribution in [-0.4, -0.2) is 75.6 Å². The molecule has 188 valence electrons. The zero-order valence-corrected chi connectivity index (χ0v) is 19.7. The van der Waals surface area contributed by atoms with Crippen molar-refractivity contribution in [3.8, 4) is 16.9 Å². The van der Waals surface area contributed by atoms with Crippen molar-refractivity contribution in [2.75, 3.05) is 31.6 Å². The monoisotopic (exact) mass is 496 g/mol. The quantitative estimate of drug-likeness (QED) is 0.563. The zero-order valence-electron chi connectivity index (χ0n) is 19.7. The summed E-state index contributed by atoms with van der Waals surface area (Å²) < 4.78 is 31.3. The number of nitrogens with zero attached hydrogens (tertiary/aromatic N) is 5. The van der Waals surface area contributed by atoms with Crippen LogP contribution in [-0.2, 0) is 11.3 Å². The largest absolute Gasteiger partial charge is 0.497 e. The summed E-state index contributed by atoms with van der Waals surface area (Å²) in [5, 5.41) is 6.72. The summed E-state index contributed by atoms with van der Waals surface area (Å²) in [6.45, 7) is 0.991. The van der Waals surface area contributed by atoms with E-state index in [1.807, 2.05) is 30.3 Å². The molecule has 0 bridgehead atoms. The number of alkyl halides is 2. The van der Waals surface area contributed by atoms with Crippen molar-refractivity contribution >= 4 is 17.8 Å². The van der Waals surface area contributed by atoms with Gasteiger partial charge in [0.25, 0.3) is 5.91 Å². The van der Waals surface area contributed by atoms with Crippen molar-refractivity contribution in [3.05, 3.63) is 60.6 Å². The van der Waals surface area contributed by atoms with Gasteiger partial charge in [-0.3, -0.25) is 14.8 Å². The number of pyridine rings is 1. The minimum atomic E-state index is -3.04. The van der Waals surface area contributed by atoms with E-state index in [4.69, 9.17) is 4.74 Å². The molecule has 36 heavy (non-hydrogen) atoms. The van der Waals surface area contributed by atoms with Gasteiger partial charge in [0.15, 0.2) is 0 Å². The number of nitrogens with one attached hydrogen (secondary N) is 1. The molecule has 4 heterocycles. The molecule has 3 amide bonds. The number of piperidine rings is 1. The van der Waals surface area contributed by atoms with Gasteiger partial charge in [-0.2, -0.15) is 13.9 Å². The van der Waals surface area contributed by atoms with E-state index < -0.39 is 17.9 Å². The van der Waals surface area contributed by atoms with Crippen LogP contribution in [0.1, 0.15) is 18.4 Å². The van der Waals surface area contributed by atoms with Crippen molar-refractivity contribution in [2.24, 2.45) is 0 Å². The number of anilines is 1. The second-order valence-corrected chi connectivity index (χ2v) is 9.05. The first-order valence-corrected chi connectivity index (χ1v) is 11.6. The molecule has 0 saturated carbocycles. The fourth-order valence-corrected chi connectivity index (χ4v) is 5.00. The molecular weight excluding hydrogens is 470 g/mol. The van der Waals surface area contributed by atoms with Crippen molar-refractivity contribution in [2.45, 2.75) is 31.4 Å². The molecule has 2 aliphatic heterocycles. The maximum Gasteiger partial charge on any atom is 0.326 e. The van der Waals surface area contributed by atoms with Crippen LogP contribution in [0.5, 0.6) is 5.75 Å². The SMILES string of the molecule is COc1cccc(CN2C(=O)N(c3ccc(-c4cn[nH]c4)cn3)CC23CCN(C(=O)C(F)F)CC3)c1. The first-order chi connectivity index (χ1) is 17.4. The van der Waals surface area contributed by atoms with E-state index in [2.05, 4.69) is 15.2 Å². The highest BCUT2D eigenvalue weighted by atomic mass is 19.3. The zero-order chi connectivity index (χ0) is 25.3. The van der Waals surface area contributed by atoms with Crippen LogP contribution in [0.15, 0.2) is 55.0 Å². The summed E-state index contributed by atoms with van der Waals surface area (Å²) in [5.74, 6) is 0.0200. The van der Waals surface area contributed by atoms with Gasteiger partial charge in [-0.05, 0) is 42.7 Å². The molecule has 2 aromatic heterocycles. The number of H-pyrrole nitrogens is 1. The Balaban J connectivity index is 1.43. The van der Waals surface area contributed by atoms with Crippen LogP contribution in [0.25, 0.3) is 11.1 Å². The van der Waals surface area contributed by atoms with Crippen molar-refractivity contribution in [3.63, 3.8) is 0 Å². The third-order valence-electron chi connectivity index (χ3n) is 7.01. The van der Waals surface area contributed by atoms with Crippen LogP contribution in [0.2, 0.25) is 0 Å². The van der Waals surface area contributed by atoms with Crippen LogP contribution in [0.3, 0.4) is 0 Å². The van der Waals surface area contributed by atoms with Crippen LogP contribution in [0, 0.1) is 0 Å². The molecule has 1 aromatic carbocycles. The van der Waals surface area contributed by atoms with Gasteiger partial charge in [0, 0.05) is 43.2 Å². The summed E-state index contributed by atoms with van der Waals surface area (Å²) >= 11 is 0. The predicted octanol–water partition coefficient (Wildman–Crippen LogP) is 3.55. The smallest absolute Gasteiger partial charge is 0.326 e. The highest BCUT2D eigenvalue weighted by Crippen LogP contribution is 2.39. The van der Waals surface area contributed by atoms with Gasteiger partial charge >= 0.3 is 12.5 Å². The third kappa shape index (κ3) is 4.36. The van der Waals surface area contributed by atoms with Gasteiger partial charge in [-0.15, -0.1) is 0 Å². The third-order valence-corrected chi connectivity index (χ3v) is 7.01. The Labute approximate surface area is 206 Å². The highest BCUT2D eigenvalue weighted by Gasteiger charge is 2.52. The van der Waals surface area contributed by atoms with Crippen molar-refractivity contribution in [1.82, 2.24) is 25.0 Å². The number of ether oxygens (including phenoxy) is 1. The van der Waals surface area contributed by atoms with Crippen LogP contribution < -0.4 is 9.64 Å². The second-order valence-electron chi connectivity index (χ2n) is 9.05. The van der Waals surface area contributed by atoms with E-state index >= 15 is 0 Å². The Bertz CT molecular complexity index is 1230. The van der Waals surface area contributed by atoms with Gasteiger partial charge < -0.3 is 14.5 Å². The minimum absolute atomic E-state index is 0.158. The number of aromatic amines is 1. The Morgan fingerprint density at radius 2 is 1.97 bits per heavy atom. The number of hydrogen-bond donors (Lipinski definition) is 1. The van der Waals surface area contributed by atoms with E-state index in [9.17, 15) is 18.4 Å². The average Bonchev–Trinajstić information content (AvgIpc) is 3.53. The lowest BCUT2D eigenvalue weighted by molar-refractivity contribution is -0.145. The van der Waals surface area contributed by atoms with Crippen molar-refractivity contribution < 1.29 is 23.1 Å². The molecule has 2 aliphatic rings. The maximum atomic E-state index is 13.7. The number of hydrogen-bond acceptors (Lipinski definition) is 5. The summed E-state index contributed by atoms with van der Waals surface area (Å²) in [6.07, 6.45) is 2.89. The fourth-order valence-electron chi connectivity index (χ4n) is 5.00. The van der Waals surface area contributed by atoms with E-state index in [1.165, 1.54) is 4.90 Å². The number of likely N-dealkylation sites (tertiary alicyclic amines) is 1. The average molecular weight is 497 g/mol. The molecule has 9 nitrogen and oxygen atoms in total. The number of aromatic nitrogens is 3. The summed E-state index contributed by atoms with van der Waals surface area (Å²) in [7, 11) is 1.58. The normalized spacial score (nSPS) is 17.3. The van der Waals surface area contributed by atoms with E-state index in [0.29, 0.717) is 37.5 Å². The topological polar surface area (TPSA) is 94.7 Å². The van der Waals surface area contributed by atoms with Crippen LogP contribution >= 0.6 is 0 Å². The summed E-state index contributed by atoms with van der Waals surface area (Å²) in [6, 6.07) is 10.9. The predicted molar refractivity (Wildman–Crippen MR) is 128 cm³/mol. The number of halogens is 2. The molecule has 3 aromatic rings. The molecule has 0 atom stereocenters. The Hall–Kier alpha value is -4.02. The summed E-state index contributed by atoms with van der Waals surface area (Å²) in [4.78, 5) is 34.8. The number of urea groups is 1. The molecule has 11 heteroatoms. The summed E-state index contributed by atoms with van der Waals surface area (Å²) in [5.41, 5.74) is 2.01. The Morgan fingerprint density at radius 3 is 2.61 bits per heavy atom. The molecule has 0 aliphatic carbocycles. The van der Waals surface area contributed by atoms with E-state index in [1.54, 1.807) is 41.6 Å². The van der Waals surface area contributed by atoms with Crippen LogP contribution in [0.4, 0.5) is 19.4 Å². The maximum absolute atomic E-state index is 13.7. The second kappa shape index (κ2) is 9.56. The Kier molecular flexibility index (Phi) is 6.29. The molecule has 5 rings (SSSR count). The molecule has 2 fully saturated rings. The molecule has 1 spiro atoms. The van der Waals surface area contributed by atoms with Gasteiger partial charge in [0.2, 0.25) is 0 Å². The lowest BCUT2D eigenvalue weighted by Gasteiger charge is -2.43. The first-order valence-electron chi connectivity index (χ1n) is 11.6. The van der Waals surface area contributed by atoms with E-state index in [-0.39, 0.29) is 19.1 Å². The number of amides is 3. The van der Waals surface area contributed by atoms with Gasteiger partial charge in [-0.25, -0.2) is 9.78 Å². The number of carbonyl (C=O) groups is 2. The lowest BCUT2D eigenvalue weighted by Crippen LogP contribution is -2.55. The van der Waals surface area contributed by atoms with Gasteiger partial charge in [0.1, 0.15) is 11.6 Å². The molecule has 2 saturated heterocycles. The first kappa shape index (κ1) is 23.7. The van der Waals surface area contributed by atoms with Gasteiger partial charge in [0.05, 0.1) is 25.4 Å². The molecule has 0 radical (unpaired) electrons. The Morgan fingerprint density at radius 1 is 1.17 bits per heavy atom. The number of benzene rings is 1. The van der Waals surface area contributed by atoms with Gasteiger partial charge in [-0.1, -0.05) is 12.1 Å². The number of methoxy groups -OCH3 is 1. The number of rotatable bonds is 6. The molecule has 0 unspecified atom stereocenters. The number of carbonyl (C=O) groups excluding carboxylic acids is 2. The highest BCUT2D eigenvalue weighted by molar-refractivity contribution is 5.94. The molecular formula is C25H26F2N6O3. The minimum Gasteiger partial charge on any atom is -0.497 e. The standard InChI is InChI=1S/C25H26F2N6O3/c1-36-20-4-2-3-17(11-20)15-33-24(35)32(21-6-5-18(12-28-21)19-13-29-30-14-19)16-25(33)7-9-31(10-8-25)23(34)22(26)27/h2-6,11-14,22H,7-10,15-16H2,1H3,(H,29,30). The lowest BCUT2D eigenvalue weighted by atomic mass is 9.86. The molecule has 1 N–H and O–H groups in total.